The molecule has 13 aromatic rings. The second-order valence-electron chi connectivity index (χ2n) is 16.9. The molecule has 0 saturated carbocycles. The van der Waals surface area contributed by atoms with Crippen molar-refractivity contribution in [1.29, 1.82) is 0 Å². The van der Waals surface area contributed by atoms with Gasteiger partial charge in [-0.25, -0.2) is 4.98 Å². The van der Waals surface area contributed by atoms with E-state index in [1.807, 2.05) is 42.5 Å². The SMILES string of the molecule is C1=c2oc3cc(-c4nc(-c5ccc6c(c5)oc5ccccc56)nc(-n5c6cc7ccccc7cc6c6cccc(-c7cccc8oc9ccccc9c78)c65)n4)ccc3c2=CCC1.CCC. The fourth-order valence-corrected chi connectivity index (χ4v) is 9.84. The van der Waals surface area contributed by atoms with Crippen LogP contribution in [0.5, 0.6) is 0 Å². The number of benzene rings is 8. The number of hydrogen-bond donors (Lipinski definition) is 0. The van der Waals surface area contributed by atoms with Crippen molar-refractivity contribution in [2.45, 2.75) is 33.1 Å². The molecular formula is C58H40N4O3. The van der Waals surface area contributed by atoms with Crippen molar-refractivity contribution < 1.29 is 13.3 Å². The van der Waals surface area contributed by atoms with Crippen molar-refractivity contribution >= 4 is 99.6 Å². The van der Waals surface area contributed by atoms with Gasteiger partial charge in [0.15, 0.2) is 11.6 Å². The molecule has 0 aliphatic heterocycles. The molecule has 7 nitrogen and oxygen atoms in total. The van der Waals surface area contributed by atoms with E-state index in [-0.39, 0.29) is 0 Å². The van der Waals surface area contributed by atoms with Gasteiger partial charge in [0.2, 0.25) is 5.95 Å². The quantitative estimate of drug-likeness (QED) is 0.175. The first-order chi connectivity index (χ1) is 32.1. The molecule has 0 fully saturated rings. The highest BCUT2D eigenvalue weighted by Gasteiger charge is 2.24. The highest BCUT2D eigenvalue weighted by Crippen LogP contribution is 2.44. The van der Waals surface area contributed by atoms with Crippen LogP contribution in [-0.2, 0) is 0 Å². The summed E-state index contributed by atoms with van der Waals surface area (Å²) in [6.45, 7) is 4.25. The summed E-state index contributed by atoms with van der Waals surface area (Å²) in [7, 11) is 0. The van der Waals surface area contributed by atoms with Crippen molar-refractivity contribution in [2.24, 2.45) is 0 Å². The molecule has 0 atom stereocenters. The molecule has 65 heavy (non-hydrogen) atoms. The van der Waals surface area contributed by atoms with E-state index >= 15 is 0 Å². The molecule has 0 amide bonds. The lowest BCUT2D eigenvalue weighted by Gasteiger charge is -2.13. The second-order valence-corrected chi connectivity index (χ2v) is 16.9. The van der Waals surface area contributed by atoms with Gasteiger partial charge >= 0.3 is 0 Å². The predicted molar refractivity (Wildman–Crippen MR) is 266 cm³/mol. The number of rotatable bonds is 4. The zero-order chi connectivity index (χ0) is 43.2. The molecule has 5 aromatic heterocycles. The summed E-state index contributed by atoms with van der Waals surface area (Å²) >= 11 is 0. The minimum Gasteiger partial charge on any atom is -0.456 e. The number of nitrogens with zero attached hydrogens (tertiary/aromatic N) is 4. The number of para-hydroxylation sites is 3. The van der Waals surface area contributed by atoms with Crippen molar-refractivity contribution in [2.75, 3.05) is 0 Å². The molecule has 8 aromatic carbocycles. The maximum absolute atomic E-state index is 6.44. The van der Waals surface area contributed by atoms with Gasteiger partial charge in [0.1, 0.15) is 33.3 Å². The highest BCUT2D eigenvalue weighted by atomic mass is 16.3. The largest absolute Gasteiger partial charge is 0.456 e. The van der Waals surface area contributed by atoms with Gasteiger partial charge in [-0.1, -0.05) is 129 Å². The normalized spacial score (nSPS) is 12.6. The lowest BCUT2D eigenvalue weighted by Crippen LogP contribution is -2.21. The van der Waals surface area contributed by atoms with Crippen LogP contribution < -0.4 is 10.6 Å². The van der Waals surface area contributed by atoms with Crippen LogP contribution >= 0.6 is 0 Å². The summed E-state index contributed by atoms with van der Waals surface area (Å²) in [6.07, 6.45) is 7.67. The van der Waals surface area contributed by atoms with Crippen LogP contribution in [-0.4, -0.2) is 19.5 Å². The first-order valence-electron chi connectivity index (χ1n) is 22.4. The zero-order valence-corrected chi connectivity index (χ0v) is 35.8. The molecule has 1 aliphatic rings. The predicted octanol–water partition coefficient (Wildman–Crippen LogP) is 14.4. The molecule has 0 N–H and O–H groups in total. The standard InChI is InChI=1S/C55H32N4O3.C3H8/c1-2-12-32-28-44-43(27-31(32)11-1)41-18-9-17-40(39-16-10-22-48-51(39)42-15-5-8-21-47(42)60-48)52(41)59(44)55-57-53(33-23-25-37-35-13-3-6-19-45(35)61-49(37)29-33)56-54(58-55)34-24-26-38-36-14-4-7-20-46(36)62-50(38)30-34;1-3-2/h1-3,5-6,8-30H,4,7H2;3H2,1-2H3. The van der Waals surface area contributed by atoms with Gasteiger partial charge in [-0.15, -0.1) is 0 Å². The third kappa shape index (κ3) is 5.85. The third-order valence-electron chi connectivity index (χ3n) is 12.7. The Hall–Kier alpha value is -8.29. The van der Waals surface area contributed by atoms with E-state index in [0.29, 0.717) is 17.6 Å². The summed E-state index contributed by atoms with van der Waals surface area (Å²) in [5.74, 6) is 1.57. The molecule has 5 heterocycles. The number of furan rings is 3. The Morgan fingerprint density at radius 2 is 1.05 bits per heavy atom. The third-order valence-corrected chi connectivity index (χ3v) is 12.7. The Morgan fingerprint density at radius 3 is 1.85 bits per heavy atom. The van der Waals surface area contributed by atoms with E-state index in [0.717, 1.165) is 133 Å². The Balaban J connectivity index is 0.00000138. The Labute approximate surface area is 372 Å². The van der Waals surface area contributed by atoms with E-state index in [1.165, 1.54) is 6.42 Å². The van der Waals surface area contributed by atoms with Crippen LogP contribution in [0.3, 0.4) is 0 Å². The van der Waals surface area contributed by atoms with Gasteiger partial charge in [0.05, 0.1) is 11.0 Å². The minimum atomic E-state index is 0.502. The summed E-state index contributed by atoms with van der Waals surface area (Å²) in [5, 5.41) is 11.0. The molecule has 0 saturated heterocycles. The monoisotopic (exact) mass is 840 g/mol. The first kappa shape index (κ1) is 37.3. The van der Waals surface area contributed by atoms with Crippen molar-refractivity contribution in [1.82, 2.24) is 19.5 Å². The maximum atomic E-state index is 6.44. The molecule has 7 heteroatoms. The zero-order valence-electron chi connectivity index (χ0n) is 35.8. The van der Waals surface area contributed by atoms with Crippen LogP contribution in [0.1, 0.15) is 33.1 Å². The van der Waals surface area contributed by atoms with E-state index in [2.05, 4.69) is 146 Å². The summed E-state index contributed by atoms with van der Waals surface area (Å²) in [5.41, 5.74) is 10.8. The van der Waals surface area contributed by atoms with Crippen LogP contribution in [0.15, 0.2) is 171 Å². The van der Waals surface area contributed by atoms with E-state index in [1.54, 1.807) is 0 Å². The molecule has 1 aliphatic carbocycles. The highest BCUT2D eigenvalue weighted by molar-refractivity contribution is 6.20. The average molecular weight is 841 g/mol. The van der Waals surface area contributed by atoms with Crippen molar-refractivity contribution in [3.8, 4) is 39.9 Å². The van der Waals surface area contributed by atoms with Gasteiger partial charge in [0, 0.05) is 59.6 Å². The van der Waals surface area contributed by atoms with Gasteiger partial charge in [-0.05, 0) is 89.9 Å². The Morgan fingerprint density at radius 1 is 0.462 bits per heavy atom. The van der Waals surface area contributed by atoms with Gasteiger partial charge in [-0.3, -0.25) is 4.57 Å². The van der Waals surface area contributed by atoms with Gasteiger partial charge in [0.25, 0.3) is 0 Å². The van der Waals surface area contributed by atoms with Crippen LogP contribution in [0.4, 0.5) is 0 Å². The van der Waals surface area contributed by atoms with Crippen molar-refractivity contribution in [3.05, 3.63) is 168 Å². The topological polar surface area (TPSA) is 83.0 Å². The van der Waals surface area contributed by atoms with E-state index in [9.17, 15) is 0 Å². The van der Waals surface area contributed by atoms with Gasteiger partial charge in [-0.2, -0.15) is 9.97 Å². The average Bonchev–Trinajstić information content (AvgIpc) is 4.11. The Kier molecular flexibility index (Phi) is 8.40. The fourth-order valence-electron chi connectivity index (χ4n) is 9.84. The first-order valence-corrected chi connectivity index (χ1v) is 22.4. The maximum Gasteiger partial charge on any atom is 0.238 e. The Bertz CT molecular complexity index is 4200. The molecule has 0 unspecified atom stereocenters. The van der Waals surface area contributed by atoms with E-state index in [4.69, 9.17) is 28.2 Å². The molecule has 0 spiro atoms. The lowest BCUT2D eigenvalue weighted by molar-refractivity contribution is 0.572. The van der Waals surface area contributed by atoms with Crippen molar-refractivity contribution in [3.63, 3.8) is 0 Å². The molecule has 0 radical (unpaired) electrons. The van der Waals surface area contributed by atoms with Crippen LogP contribution in [0.25, 0.3) is 139 Å². The number of fused-ring (bicyclic) bond motifs is 13. The summed E-state index contributed by atoms with van der Waals surface area (Å²) in [4.78, 5) is 16.1. The number of aromatic nitrogens is 4. The summed E-state index contributed by atoms with van der Waals surface area (Å²) in [6, 6.07) is 54.9. The smallest absolute Gasteiger partial charge is 0.238 e. The van der Waals surface area contributed by atoms with Gasteiger partial charge < -0.3 is 13.3 Å². The van der Waals surface area contributed by atoms with Crippen LogP contribution in [0, 0.1) is 0 Å². The summed E-state index contributed by atoms with van der Waals surface area (Å²) < 4.78 is 21.5. The fraction of sp³-hybridized carbons (Fsp3) is 0.0862. The van der Waals surface area contributed by atoms with E-state index < -0.39 is 0 Å². The second kappa shape index (κ2) is 14.6. The molecule has 0 bridgehead atoms. The lowest BCUT2D eigenvalue weighted by atomic mass is 9.97. The van der Waals surface area contributed by atoms with Crippen LogP contribution in [0.2, 0.25) is 0 Å². The molecule has 14 rings (SSSR count). The molecular weight excluding hydrogens is 801 g/mol. The minimum absolute atomic E-state index is 0.502. The number of hydrogen-bond acceptors (Lipinski definition) is 6. The molecule has 310 valence electrons.